The topological polar surface area (TPSA) is 40.5 Å². The average Bonchev–Trinajstić information content (AvgIpc) is 2.05. The fraction of sp³-hybridized carbons (Fsp3) is 0.250. The summed E-state index contributed by atoms with van der Waals surface area (Å²) in [6, 6.07) is 7.29. The Balaban J connectivity index is 2.81. The highest BCUT2D eigenvalue weighted by Crippen LogP contribution is 1.97. The van der Waals surface area contributed by atoms with Crippen LogP contribution in [0, 0.1) is 0 Å². The molecule has 1 radical (unpaired) electrons. The van der Waals surface area contributed by atoms with Crippen LogP contribution in [0.25, 0.3) is 0 Å². The quantitative estimate of drug-likeness (QED) is 0.593. The largest absolute Gasteiger partial charge is 0.488 e. The molecule has 1 aromatic rings. The van der Waals surface area contributed by atoms with Crippen LogP contribution in [0.3, 0.4) is 0 Å². The summed E-state index contributed by atoms with van der Waals surface area (Å²) < 4.78 is 0. The molecule has 0 aliphatic heterocycles. The van der Waals surface area contributed by atoms with E-state index in [-0.39, 0.29) is 0 Å². The molecule has 0 heterocycles. The van der Waals surface area contributed by atoms with Crippen LogP contribution < -0.4 is 5.46 Å². The zero-order chi connectivity index (χ0) is 8.97. The molecule has 4 heteroatoms. The first-order valence-corrected chi connectivity index (χ1v) is 3.97. The molecule has 2 nitrogen and oxygen atoms in total. The molecule has 0 aliphatic carbocycles. The molecule has 0 saturated heterocycles. The molecule has 0 aromatic heterocycles. The van der Waals surface area contributed by atoms with Gasteiger partial charge in [-0.1, -0.05) is 43.0 Å². The molecule has 0 fully saturated rings. The van der Waals surface area contributed by atoms with Gasteiger partial charge in [0.15, 0.2) is 0 Å². The van der Waals surface area contributed by atoms with E-state index < -0.39 is 7.12 Å². The van der Waals surface area contributed by atoms with Crippen LogP contribution in [0.1, 0.15) is 5.56 Å². The summed E-state index contributed by atoms with van der Waals surface area (Å²) in [5.41, 5.74) is 1.65. The van der Waals surface area contributed by atoms with E-state index in [9.17, 15) is 0 Å². The van der Waals surface area contributed by atoms with Gasteiger partial charge in [0.2, 0.25) is 0 Å². The Morgan fingerprint density at radius 2 is 2.17 bits per heavy atom. The summed E-state index contributed by atoms with van der Waals surface area (Å²) in [4.78, 5) is 0. The summed E-state index contributed by atoms with van der Waals surface area (Å²) in [6.07, 6.45) is 0.862. The smallest absolute Gasteiger partial charge is 0.423 e. The van der Waals surface area contributed by atoms with Crippen molar-refractivity contribution < 1.29 is 10.0 Å². The van der Waals surface area contributed by atoms with Gasteiger partial charge in [-0.3, -0.25) is 0 Å². The van der Waals surface area contributed by atoms with E-state index in [2.05, 4.69) is 0 Å². The molecule has 0 saturated carbocycles. The molecular weight excluding hydrogens is 150 g/mol. The standard InChI is InChI=1S/C8H11B2O2/c1-9-6-7-3-2-4-8(5-7)10(11)12/h2-5,11-12H,6H2,1H3. The van der Waals surface area contributed by atoms with Gasteiger partial charge >= 0.3 is 7.12 Å². The maximum Gasteiger partial charge on any atom is 0.488 e. The van der Waals surface area contributed by atoms with E-state index in [1.165, 1.54) is 0 Å². The fourth-order valence-electron chi connectivity index (χ4n) is 1.12. The lowest BCUT2D eigenvalue weighted by Gasteiger charge is -2.02. The fourth-order valence-corrected chi connectivity index (χ4v) is 1.12. The van der Waals surface area contributed by atoms with Gasteiger partial charge in [-0.2, -0.15) is 0 Å². The normalized spacial score (nSPS) is 9.58. The first kappa shape index (κ1) is 9.36. The lowest BCUT2D eigenvalue weighted by molar-refractivity contribution is 0.425. The van der Waals surface area contributed by atoms with Gasteiger partial charge in [0.25, 0.3) is 0 Å². The zero-order valence-corrected chi connectivity index (χ0v) is 7.07. The highest BCUT2D eigenvalue weighted by molar-refractivity contribution is 6.58. The summed E-state index contributed by atoms with van der Waals surface area (Å²) in [6.45, 7) is 1.97. The third-order valence-corrected chi connectivity index (χ3v) is 1.69. The minimum absolute atomic E-state index is 0.550. The predicted molar refractivity (Wildman–Crippen MR) is 51.6 cm³/mol. The highest BCUT2D eigenvalue weighted by Gasteiger charge is 2.09. The van der Waals surface area contributed by atoms with Crippen LogP contribution in [-0.4, -0.2) is 24.4 Å². The van der Waals surface area contributed by atoms with Crippen molar-refractivity contribution in [1.29, 1.82) is 0 Å². The van der Waals surface area contributed by atoms with Crippen molar-refractivity contribution in [2.24, 2.45) is 0 Å². The molecule has 0 spiro atoms. The molecule has 0 aliphatic rings. The Bertz CT molecular complexity index is 251. The van der Waals surface area contributed by atoms with Crippen molar-refractivity contribution in [3.8, 4) is 0 Å². The molecule has 0 unspecified atom stereocenters. The first-order valence-electron chi connectivity index (χ1n) is 3.97. The number of hydrogen-bond acceptors (Lipinski definition) is 2. The molecule has 12 heavy (non-hydrogen) atoms. The van der Waals surface area contributed by atoms with Gasteiger partial charge in [0.05, 0.1) is 0 Å². The molecule has 0 bridgehead atoms. The third kappa shape index (κ3) is 2.39. The van der Waals surface area contributed by atoms with Crippen molar-refractivity contribution >= 4 is 19.9 Å². The van der Waals surface area contributed by atoms with Gasteiger partial charge in [-0.15, -0.1) is 0 Å². The van der Waals surface area contributed by atoms with Crippen LogP contribution in [0.4, 0.5) is 0 Å². The summed E-state index contributed by atoms with van der Waals surface area (Å²) in [7, 11) is 0.671. The van der Waals surface area contributed by atoms with E-state index in [1.54, 1.807) is 12.1 Å². The van der Waals surface area contributed by atoms with Crippen molar-refractivity contribution in [3.05, 3.63) is 29.8 Å². The van der Waals surface area contributed by atoms with E-state index >= 15 is 0 Å². The van der Waals surface area contributed by atoms with Gasteiger partial charge < -0.3 is 10.0 Å². The molecule has 0 amide bonds. The number of benzene rings is 1. The van der Waals surface area contributed by atoms with Crippen molar-refractivity contribution in [3.63, 3.8) is 0 Å². The summed E-state index contributed by atoms with van der Waals surface area (Å²) in [5.74, 6) is 0. The van der Waals surface area contributed by atoms with Crippen LogP contribution >= 0.6 is 0 Å². The minimum Gasteiger partial charge on any atom is -0.423 e. The Hall–Kier alpha value is -0.730. The molecule has 61 valence electrons. The van der Waals surface area contributed by atoms with Crippen LogP contribution in [-0.2, 0) is 6.32 Å². The third-order valence-electron chi connectivity index (χ3n) is 1.69. The van der Waals surface area contributed by atoms with E-state index in [0.29, 0.717) is 5.46 Å². The van der Waals surface area contributed by atoms with E-state index in [0.717, 1.165) is 11.9 Å². The monoisotopic (exact) mass is 161 g/mol. The first-order chi connectivity index (χ1) is 5.74. The Kier molecular flexibility index (Phi) is 3.38. The molecule has 0 atom stereocenters. The summed E-state index contributed by atoms with van der Waals surface area (Å²) in [5, 5.41) is 17.7. The molecular formula is C8H11B2O2. The van der Waals surface area contributed by atoms with Crippen LogP contribution in [0.15, 0.2) is 24.3 Å². The Morgan fingerprint density at radius 1 is 1.42 bits per heavy atom. The van der Waals surface area contributed by atoms with E-state index in [1.807, 2.05) is 26.2 Å². The number of rotatable bonds is 3. The Labute approximate surface area is 73.6 Å². The number of hydrogen-bond donors (Lipinski definition) is 2. The minimum atomic E-state index is -1.36. The van der Waals surface area contributed by atoms with Gasteiger partial charge in [-0.25, -0.2) is 0 Å². The van der Waals surface area contributed by atoms with Gasteiger partial charge in [0.1, 0.15) is 7.28 Å². The van der Waals surface area contributed by atoms with Gasteiger partial charge in [-0.05, 0) is 5.46 Å². The predicted octanol–water partition coefficient (Wildman–Crippen LogP) is -0.381. The highest BCUT2D eigenvalue weighted by atomic mass is 16.4. The van der Waals surface area contributed by atoms with Crippen LogP contribution in [0.2, 0.25) is 6.82 Å². The maximum atomic E-state index is 8.86. The molecule has 1 aromatic carbocycles. The average molecular weight is 161 g/mol. The second-order valence-corrected chi connectivity index (χ2v) is 2.73. The van der Waals surface area contributed by atoms with Gasteiger partial charge in [0, 0.05) is 0 Å². The SMILES string of the molecule is C[B]Cc1cccc(B(O)O)c1. The van der Waals surface area contributed by atoms with Crippen LogP contribution in [0.5, 0.6) is 0 Å². The van der Waals surface area contributed by atoms with Crippen molar-refractivity contribution in [2.45, 2.75) is 13.1 Å². The van der Waals surface area contributed by atoms with E-state index in [4.69, 9.17) is 10.0 Å². The van der Waals surface area contributed by atoms with Crippen molar-refractivity contribution in [2.75, 3.05) is 0 Å². The zero-order valence-electron chi connectivity index (χ0n) is 7.07. The van der Waals surface area contributed by atoms with Crippen molar-refractivity contribution in [1.82, 2.24) is 0 Å². The Morgan fingerprint density at radius 3 is 2.75 bits per heavy atom. The second kappa shape index (κ2) is 4.33. The summed E-state index contributed by atoms with van der Waals surface area (Å²) >= 11 is 0. The maximum absolute atomic E-state index is 8.86. The molecule has 2 N–H and O–H groups in total. The lowest BCUT2D eigenvalue weighted by atomic mass is 9.72. The lowest BCUT2D eigenvalue weighted by Crippen LogP contribution is -2.29. The second-order valence-electron chi connectivity index (χ2n) is 2.73. The molecule has 1 rings (SSSR count).